The first-order valence-corrected chi connectivity index (χ1v) is 8.90. The zero-order valence-corrected chi connectivity index (χ0v) is 14.4. The fourth-order valence-electron chi connectivity index (χ4n) is 2.59. The second-order valence-corrected chi connectivity index (χ2v) is 7.31. The number of carboxylic acids is 1. The number of nitrogens with two attached hydrogens (primary N) is 1. The summed E-state index contributed by atoms with van der Waals surface area (Å²) in [5, 5.41) is 24.9. The van der Waals surface area contributed by atoms with E-state index in [0.717, 1.165) is 16.2 Å². The molecule has 0 radical (unpaired) electrons. The Labute approximate surface area is 149 Å². The van der Waals surface area contributed by atoms with Gasteiger partial charge in [-0.2, -0.15) is 0 Å². The third kappa shape index (κ3) is 2.82. The summed E-state index contributed by atoms with van der Waals surface area (Å²) < 4.78 is 0. The summed E-state index contributed by atoms with van der Waals surface area (Å²) in [5.74, 6) is -2.07. The molecule has 0 bridgehead atoms. The van der Waals surface area contributed by atoms with Gasteiger partial charge in [0.2, 0.25) is 0 Å². The molecule has 1 aromatic heterocycles. The van der Waals surface area contributed by atoms with Gasteiger partial charge in [-0.15, -0.1) is 23.1 Å². The predicted molar refractivity (Wildman–Crippen MR) is 90.2 cm³/mol. The second kappa shape index (κ2) is 6.37. The lowest BCUT2D eigenvalue weighted by atomic mass is 10.0. The van der Waals surface area contributed by atoms with Gasteiger partial charge >= 0.3 is 5.97 Å². The summed E-state index contributed by atoms with van der Waals surface area (Å²) in [6.07, 6.45) is 0. The number of fused-ring (bicyclic) bond motifs is 1. The van der Waals surface area contributed by atoms with Crippen molar-refractivity contribution in [2.45, 2.75) is 18.3 Å². The number of nitrogen functional groups attached to an aromatic ring is 1. The van der Waals surface area contributed by atoms with Crippen molar-refractivity contribution in [2.24, 2.45) is 5.16 Å². The number of amides is 2. The van der Waals surface area contributed by atoms with Gasteiger partial charge in [0.1, 0.15) is 22.8 Å². The minimum atomic E-state index is -1.18. The minimum absolute atomic E-state index is 0.0532. The number of thiazole rings is 1. The topological polar surface area (TPSA) is 158 Å². The number of aromatic nitrogens is 1. The molecule has 1 fully saturated rings. The first kappa shape index (κ1) is 17.2. The molecule has 0 spiro atoms. The second-order valence-electron chi connectivity index (χ2n) is 5.31. The van der Waals surface area contributed by atoms with Gasteiger partial charge in [-0.3, -0.25) is 14.5 Å². The first-order chi connectivity index (χ1) is 11.8. The number of rotatable bonds is 4. The minimum Gasteiger partial charge on any atom is -0.477 e. The van der Waals surface area contributed by atoms with Crippen LogP contribution in [-0.2, 0) is 14.4 Å². The highest BCUT2D eigenvalue weighted by molar-refractivity contribution is 8.00. The van der Waals surface area contributed by atoms with E-state index < -0.39 is 29.2 Å². The number of thioether (sulfide) groups is 1. The van der Waals surface area contributed by atoms with Crippen molar-refractivity contribution in [2.75, 3.05) is 11.5 Å². The summed E-state index contributed by atoms with van der Waals surface area (Å²) in [6, 6.07) is -0.910. The van der Waals surface area contributed by atoms with E-state index in [1.54, 1.807) is 6.92 Å². The molecule has 5 N–H and O–H groups in total. The van der Waals surface area contributed by atoms with Gasteiger partial charge in [0.05, 0.1) is 0 Å². The number of hydrogen-bond donors (Lipinski definition) is 4. The smallest absolute Gasteiger partial charge is 0.352 e. The summed E-state index contributed by atoms with van der Waals surface area (Å²) in [4.78, 5) is 41.0. The van der Waals surface area contributed by atoms with Gasteiger partial charge in [-0.1, -0.05) is 5.16 Å². The van der Waals surface area contributed by atoms with Gasteiger partial charge in [0.25, 0.3) is 11.8 Å². The van der Waals surface area contributed by atoms with Crippen LogP contribution in [0.25, 0.3) is 0 Å². The largest absolute Gasteiger partial charge is 0.477 e. The Morgan fingerprint density at radius 2 is 2.24 bits per heavy atom. The van der Waals surface area contributed by atoms with Gasteiger partial charge in [0, 0.05) is 11.1 Å². The van der Waals surface area contributed by atoms with Crippen LogP contribution >= 0.6 is 23.1 Å². The number of nitrogens with one attached hydrogen (secondary N) is 1. The molecule has 1 aromatic rings. The number of carbonyl (C=O) groups excluding carboxylic acids is 2. The first-order valence-electron chi connectivity index (χ1n) is 6.97. The molecule has 3 heterocycles. The third-order valence-corrected chi connectivity index (χ3v) is 5.83. The summed E-state index contributed by atoms with van der Waals surface area (Å²) in [7, 11) is 0. The predicted octanol–water partition coefficient (Wildman–Crippen LogP) is -0.338. The van der Waals surface area contributed by atoms with Crippen LogP contribution in [0.1, 0.15) is 12.6 Å². The number of oxime groups is 1. The average molecular weight is 383 g/mol. The Morgan fingerprint density at radius 1 is 1.52 bits per heavy atom. The number of carbonyl (C=O) groups is 3. The van der Waals surface area contributed by atoms with Crippen LogP contribution in [0, 0.1) is 0 Å². The quantitative estimate of drug-likeness (QED) is 0.238. The molecule has 0 unspecified atom stereocenters. The monoisotopic (exact) mass is 383 g/mol. The standard InChI is InChI=1S/C13H13N5O5S2/c1-4-2-24-11-7(10(20)18(11)8(4)12(21)22)16-9(19)6(17-23)5-3-25-13(14)15-5/h3,7,11,23H,2H2,1H3,(H2,14,15)(H,16,19)(H,21,22)/b17-6+/t7-,11-/m1/s1. The van der Waals surface area contributed by atoms with Crippen molar-refractivity contribution < 1.29 is 24.7 Å². The van der Waals surface area contributed by atoms with E-state index in [4.69, 9.17) is 10.9 Å². The van der Waals surface area contributed by atoms with E-state index in [2.05, 4.69) is 15.5 Å². The van der Waals surface area contributed by atoms with E-state index in [-0.39, 0.29) is 22.2 Å². The summed E-state index contributed by atoms with van der Waals surface area (Å²) in [6.45, 7) is 1.65. The molecule has 0 saturated carbocycles. The van der Waals surface area contributed by atoms with Crippen molar-refractivity contribution in [1.29, 1.82) is 0 Å². The number of β-lactam (4-membered cyclic amide) rings is 1. The van der Waals surface area contributed by atoms with Crippen LogP contribution < -0.4 is 11.1 Å². The van der Waals surface area contributed by atoms with Crippen molar-refractivity contribution in [3.05, 3.63) is 22.3 Å². The normalized spacial score (nSPS) is 23.2. The maximum atomic E-state index is 12.3. The Bertz CT molecular complexity index is 833. The van der Waals surface area contributed by atoms with Crippen molar-refractivity contribution in [3.8, 4) is 0 Å². The molecule has 2 amide bonds. The molecule has 1 saturated heterocycles. The molecule has 132 valence electrons. The van der Waals surface area contributed by atoms with Gasteiger partial charge < -0.3 is 21.4 Å². The van der Waals surface area contributed by atoms with E-state index >= 15 is 0 Å². The molecular weight excluding hydrogens is 370 g/mol. The van der Waals surface area contributed by atoms with E-state index in [0.29, 0.717) is 11.3 Å². The molecule has 2 aliphatic heterocycles. The molecule has 0 aliphatic carbocycles. The maximum absolute atomic E-state index is 12.3. The Hall–Kier alpha value is -2.60. The van der Waals surface area contributed by atoms with Crippen molar-refractivity contribution >= 4 is 51.7 Å². The van der Waals surface area contributed by atoms with Gasteiger partial charge in [-0.05, 0) is 12.5 Å². The number of aliphatic carboxylic acids is 1. The lowest BCUT2D eigenvalue weighted by Crippen LogP contribution is -2.71. The molecule has 2 aliphatic rings. The number of anilines is 1. The SMILES string of the molecule is CC1=C(C(=O)O)N2C(=O)[C@@H](NC(=O)/C(=N/O)c3csc(N)n3)[C@H]2SC1. The van der Waals surface area contributed by atoms with E-state index in [1.165, 1.54) is 17.1 Å². The summed E-state index contributed by atoms with van der Waals surface area (Å²) >= 11 is 2.42. The highest BCUT2D eigenvalue weighted by Gasteiger charge is 2.54. The molecular formula is C13H13N5O5S2. The molecule has 12 heteroatoms. The highest BCUT2D eigenvalue weighted by atomic mass is 32.2. The lowest BCUT2D eigenvalue weighted by molar-refractivity contribution is -0.150. The fraction of sp³-hybridized carbons (Fsp3) is 0.308. The third-order valence-electron chi connectivity index (χ3n) is 3.73. The van der Waals surface area contributed by atoms with Crippen LogP contribution in [-0.4, -0.2) is 60.9 Å². The van der Waals surface area contributed by atoms with Crippen molar-refractivity contribution in [3.63, 3.8) is 0 Å². The fourth-order valence-corrected chi connectivity index (χ4v) is 4.43. The van der Waals surface area contributed by atoms with E-state index in [1.807, 2.05) is 0 Å². The van der Waals surface area contributed by atoms with E-state index in [9.17, 15) is 19.5 Å². The molecule has 10 nitrogen and oxygen atoms in total. The van der Waals surface area contributed by atoms with Crippen LogP contribution in [0.2, 0.25) is 0 Å². The molecule has 2 atom stereocenters. The average Bonchev–Trinajstić information content (AvgIpc) is 2.98. The zero-order chi connectivity index (χ0) is 18.3. The van der Waals surface area contributed by atoms with Crippen molar-refractivity contribution in [1.82, 2.24) is 15.2 Å². The summed E-state index contributed by atoms with van der Waals surface area (Å²) in [5.41, 5.74) is 5.74. The van der Waals surface area contributed by atoms with Crippen LogP contribution in [0.5, 0.6) is 0 Å². The Morgan fingerprint density at radius 3 is 2.80 bits per heavy atom. The van der Waals surface area contributed by atoms with Gasteiger partial charge in [0.15, 0.2) is 10.8 Å². The molecule has 25 heavy (non-hydrogen) atoms. The lowest BCUT2D eigenvalue weighted by Gasteiger charge is -2.49. The maximum Gasteiger partial charge on any atom is 0.352 e. The van der Waals surface area contributed by atoms with Crippen LogP contribution in [0.15, 0.2) is 21.8 Å². The van der Waals surface area contributed by atoms with Crippen LogP contribution in [0.3, 0.4) is 0 Å². The molecule has 0 aromatic carbocycles. The Kier molecular flexibility index (Phi) is 4.39. The zero-order valence-electron chi connectivity index (χ0n) is 12.8. The number of hydrogen-bond acceptors (Lipinski definition) is 9. The number of nitrogens with zero attached hydrogens (tertiary/aromatic N) is 3. The number of carboxylic acid groups (broad SMARTS) is 1. The van der Waals surface area contributed by atoms with Gasteiger partial charge in [-0.25, -0.2) is 9.78 Å². The highest BCUT2D eigenvalue weighted by Crippen LogP contribution is 2.40. The Balaban J connectivity index is 1.76. The molecule has 3 rings (SSSR count). The van der Waals surface area contributed by atoms with Crippen LogP contribution in [0.4, 0.5) is 5.13 Å².